The number of hydrogen-bond acceptors (Lipinski definition) is 6. The Balaban J connectivity index is 1.92. The lowest BCUT2D eigenvalue weighted by Gasteiger charge is -2.19. The summed E-state index contributed by atoms with van der Waals surface area (Å²) >= 11 is 0. The molecule has 0 unspecified atom stereocenters. The van der Waals surface area contributed by atoms with Gasteiger partial charge >= 0.3 is 0 Å². The van der Waals surface area contributed by atoms with Crippen LogP contribution in [-0.2, 0) is 20.0 Å². The maximum Gasteiger partial charge on any atom is 0.262 e. The molecule has 3 rings (SSSR count). The molecule has 0 atom stereocenters. The molecule has 1 aliphatic rings. The Morgan fingerprint density at radius 1 is 1.14 bits per heavy atom. The molecule has 1 fully saturated rings. The molecule has 152 valence electrons. The Kier molecular flexibility index (Phi) is 5.71. The Morgan fingerprint density at radius 3 is 2.43 bits per heavy atom. The first-order chi connectivity index (χ1) is 13.3. The fourth-order valence-electron chi connectivity index (χ4n) is 2.95. The summed E-state index contributed by atoms with van der Waals surface area (Å²) in [5, 5.41) is 0. The molecule has 28 heavy (non-hydrogen) atoms. The van der Waals surface area contributed by atoms with Gasteiger partial charge in [0.25, 0.3) is 10.0 Å². The van der Waals surface area contributed by atoms with E-state index in [1.165, 1.54) is 29.6 Å². The third-order valence-electron chi connectivity index (χ3n) is 4.26. The van der Waals surface area contributed by atoms with Crippen molar-refractivity contribution in [1.29, 1.82) is 0 Å². The Labute approximate surface area is 165 Å². The monoisotopic (exact) mass is 426 g/mol. The first-order valence-corrected chi connectivity index (χ1v) is 11.8. The predicted octanol–water partition coefficient (Wildman–Crippen LogP) is 2.43. The lowest BCUT2D eigenvalue weighted by molar-refractivity contribution is 0.340. The van der Waals surface area contributed by atoms with Crippen molar-refractivity contribution < 1.29 is 26.3 Å². The topological polar surface area (TPSA) is 102 Å². The van der Waals surface area contributed by atoms with Gasteiger partial charge in [0.1, 0.15) is 11.5 Å². The molecule has 1 aliphatic heterocycles. The number of sulfonamides is 2. The average Bonchev–Trinajstić information content (AvgIpc) is 3.01. The van der Waals surface area contributed by atoms with E-state index >= 15 is 0 Å². The normalized spacial score (nSPS) is 16.0. The highest BCUT2D eigenvalue weighted by atomic mass is 32.2. The molecule has 0 aromatic heterocycles. The molecule has 2 aromatic rings. The van der Waals surface area contributed by atoms with E-state index in [0.29, 0.717) is 31.0 Å². The van der Waals surface area contributed by atoms with Gasteiger partial charge in [-0.1, -0.05) is 0 Å². The second kappa shape index (κ2) is 7.88. The molecule has 0 bridgehead atoms. The van der Waals surface area contributed by atoms with Crippen LogP contribution < -0.4 is 18.5 Å². The van der Waals surface area contributed by atoms with Crippen LogP contribution in [0, 0.1) is 0 Å². The van der Waals surface area contributed by atoms with Gasteiger partial charge in [0, 0.05) is 6.54 Å². The van der Waals surface area contributed by atoms with E-state index < -0.39 is 20.0 Å². The molecule has 8 nitrogen and oxygen atoms in total. The zero-order valence-electron chi connectivity index (χ0n) is 15.6. The Hall–Kier alpha value is -2.46. The number of rotatable bonds is 7. The summed E-state index contributed by atoms with van der Waals surface area (Å²) in [5.41, 5.74) is 0.554. The lowest BCUT2D eigenvalue weighted by Crippen LogP contribution is -2.25. The Bertz CT molecular complexity index is 1050. The van der Waals surface area contributed by atoms with Crippen LogP contribution in [-0.4, -0.2) is 42.8 Å². The van der Waals surface area contributed by atoms with E-state index in [-0.39, 0.29) is 22.1 Å². The minimum absolute atomic E-state index is 0.0530. The standard InChI is InChI=1S/C18H22N2O6S2/c1-3-26-15-6-8-16(9-7-15)28(23,24)19-17-13-14(5-10-18(17)25-2)20-11-4-12-27(20,21)22/h5-10,13,19H,3-4,11-12H2,1-2H3. The highest BCUT2D eigenvalue weighted by Crippen LogP contribution is 2.34. The summed E-state index contributed by atoms with van der Waals surface area (Å²) in [6.45, 7) is 2.68. The van der Waals surface area contributed by atoms with Gasteiger partial charge in [-0.3, -0.25) is 9.03 Å². The van der Waals surface area contributed by atoms with Crippen LogP contribution in [0.25, 0.3) is 0 Å². The molecular formula is C18H22N2O6S2. The van der Waals surface area contributed by atoms with Crippen LogP contribution in [0.3, 0.4) is 0 Å². The van der Waals surface area contributed by atoms with Crippen molar-refractivity contribution in [2.45, 2.75) is 18.2 Å². The van der Waals surface area contributed by atoms with Crippen LogP contribution >= 0.6 is 0 Å². The number of benzene rings is 2. The summed E-state index contributed by atoms with van der Waals surface area (Å²) in [7, 11) is -5.87. The molecule has 0 saturated carbocycles. The molecule has 2 aromatic carbocycles. The van der Waals surface area contributed by atoms with Gasteiger partial charge in [-0.25, -0.2) is 16.8 Å². The minimum atomic E-state index is -3.90. The smallest absolute Gasteiger partial charge is 0.262 e. The van der Waals surface area contributed by atoms with Crippen LogP contribution in [0.1, 0.15) is 13.3 Å². The highest BCUT2D eigenvalue weighted by Gasteiger charge is 2.29. The molecule has 1 saturated heterocycles. The zero-order valence-corrected chi connectivity index (χ0v) is 17.2. The SMILES string of the molecule is CCOc1ccc(S(=O)(=O)Nc2cc(N3CCCS3(=O)=O)ccc2OC)cc1. The zero-order chi connectivity index (χ0) is 20.4. The fraction of sp³-hybridized carbons (Fsp3) is 0.333. The highest BCUT2D eigenvalue weighted by molar-refractivity contribution is 7.93. The number of anilines is 2. The summed E-state index contributed by atoms with van der Waals surface area (Å²) in [6.07, 6.45) is 0.529. The predicted molar refractivity (Wildman–Crippen MR) is 107 cm³/mol. The van der Waals surface area contributed by atoms with Crippen molar-refractivity contribution in [1.82, 2.24) is 0 Å². The van der Waals surface area contributed by atoms with Crippen LogP contribution in [0.15, 0.2) is 47.4 Å². The van der Waals surface area contributed by atoms with E-state index in [1.807, 2.05) is 6.92 Å². The lowest BCUT2D eigenvalue weighted by atomic mass is 10.2. The quantitative estimate of drug-likeness (QED) is 0.730. The van der Waals surface area contributed by atoms with E-state index in [1.54, 1.807) is 24.3 Å². The van der Waals surface area contributed by atoms with Gasteiger partial charge in [0.2, 0.25) is 10.0 Å². The van der Waals surface area contributed by atoms with E-state index in [0.717, 1.165) is 0 Å². The van der Waals surface area contributed by atoms with E-state index in [9.17, 15) is 16.8 Å². The summed E-state index contributed by atoms with van der Waals surface area (Å²) in [4.78, 5) is 0.0530. The van der Waals surface area contributed by atoms with Crippen LogP contribution in [0.5, 0.6) is 11.5 Å². The summed E-state index contributed by atoms with van der Waals surface area (Å²) < 4.78 is 64.2. The molecule has 0 amide bonds. The van der Waals surface area contributed by atoms with Crippen molar-refractivity contribution in [2.75, 3.05) is 35.0 Å². The van der Waals surface area contributed by atoms with Gasteiger partial charge < -0.3 is 9.47 Å². The molecular weight excluding hydrogens is 404 g/mol. The molecule has 0 spiro atoms. The van der Waals surface area contributed by atoms with Crippen molar-refractivity contribution in [3.05, 3.63) is 42.5 Å². The number of hydrogen-bond donors (Lipinski definition) is 1. The van der Waals surface area contributed by atoms with E-state index in [4.69, 9.17) is 9.47 Å². The summed E-state index contributed by atoms with van der Waals surface area (Å²) in [6, 6.07) is 10.6. The third-order valence-corrected chi connectivity index (χ3v) is 7.51. The maximum atomic E-state index is 12.8. The van der Waals surface area contributed by atoms with Crippen molar-refractivity contribution in [3.63, 3.8) is 0 Å². The number of nitrogens with zero attached hydrogens (tertiary/aromatic N) is 1. The Morgan fingerprint density at radius 2 is 1.86 bits per heavy atom. The molecule has 0 aliphatic carbocycles. The van der Waals surface area contributed by atoms with Crippen LogP contribution in [0.2, 0.25) is 0 Å². The number of nitrogens with one attached hydrogen (secondary N) is 1. The summed E-state index contributed by atoms with van der Waals surface area (Å²) in [5.74, 6) is 0.932. The van der Waals surface area contributed by atoms with Crippen LogP contribution in [0.4, 0.5) is 11.4 Å². The second-order valence-corrected chi connectivity index (χ2v) is 9.83. The van der Waals surface area contributed by atoms with Gasteiger partial charge in [-0.2, -0.15) is 0 Å². The van der Waals surface area contributed by atoms with Gasteiger partial charge in [0.05, 0.1) is 35.7 Å². The second-order valence-electron chi connectivity index (χ2n) is 6.14. The van der Waals surface area contributed by atoms with Gasteiger partial charge in [-0.05, 0) is 55.8 Å². The molecule has 1 heterocycles. The van der Waals surface area contributed by atoms with Crippen molar-refractivity contribution in [3.8, 4) is 11.5 Å². The first kappa shape index (κ1) is 20.3. The number of ether oxygens (including phenoxy) is 2. The molecule has 1 N–H and O–H groups in total. The molecule has 10 heteroatoms. The maximum absolute atomic E-state index is 12.8. The minimum Gasteiger partial charge on any atom is -0.495 e. The fourth-order valence-corrected chi connectivity index (χ4v) is 5.56. The largest absolute Gasteiger partial charge is 0.495 e. The molecule has 0 radical (unpaired) electrons. The van der Waals surface area contributed by atoms with Crippen molar-refractivity contribution >= 4 is 31.4 Å². The van der Waals surface area contributed by atoms with Gasteiger partial charge in [-0.15, -0.1) is 0 Å². The number of methoxy groups -OCH3 is 1. The van der Waals surface area contributed by atoms with Gasteiger partial charge in [0.15, 0.2) is 0 Å². The average molecular weight is 427 g/mol. The third kappa shape index (κ3) is 4.17. The van der Waals surface area contributed by atoms with E-state index in [2.05, 4.69) is 4.72 Å². The first-order valence-electron chi connectivity index (χ1n) is 8.71. The van der Waals surface area contributed by atoms with Crippen molar-refractivity contribution in [2.24, 2.45) is 0 Å².